The van der Waals surface area contributed by atoms with Crippen molar-refractivity contribution in [2.45, 2.75) is 45.5 Å². The van der Waals surface area contributed by atoms with E-state index in [1.807, 2.05) is 26.0 Å². The van der Waals surface area contributed by atoms with E-state index in [0.29, 0.717) is 18.4 Å². The normalized spacial score (nSPS) is 23.3. The van der Waals surface area contributed by atoms with Gasteiger partial charge in [0.05, 0.1) is 0 Å². The van der Waals surface area contributed by atoms with Crippen molar-refractivity contribution in [3.63, 3.8) is 0 Å². The van der Waals surface area contributed by atoms with Gasteiger partial charge in [-0.05, 0) is 61.9 Å². The zero-order valence-corrected chi connectivity index (χ0v) is 16.5. The molecule has 0 amide bonds. The van der Waals surface area contributed by atoms with Gasteiger partial charge >= 0.3 is 0 Å². The molecule has 1 saturated carbocycles. The minimum atomic E-state index is -2.64. The van der Waals surface area contributed by atoms with Crippen LogP contribution in [0.5, 0.6) is 0 Å². The molecule has 0 spiro atoms. The summed E-state index contributed by atoms with van der Waals surface area (Å²) >= 11 is 0. The van der Waals surface area contributed by atoms with Gasteiger partial charge in [-0.3, -0.25) is 4.99 Å². The highest BCUT2D eigenvalue weighted by Crippen LogP contribution is 2.44. The third kappa shape index (κ3) is 5.47. The van der Waals surface area contributed by atoms with Gasteiger partial charge in [-0.2, -0.15) is 0 Å². The van der Waals surface area contributed by atoms with Gasteiger partial charge < -0.3 is 5.32 Å². The zero-order chi connectivity index (χ0) is 20.0. The van der Waals surface area contributed by atoms with Gasteiger partial charge in [0.1, 0.15) is 5.82 Å². The molecule has 0 heterocycles. The smallest absolute Gasteiger partial charge is 0.248 e. The van der Waals surface area contributed by atoms with Crippen LogP contribution in [0.2, 0.25) is 0 Å². The molecular formula is C22H29F3N2. The lowest BCUT2D eigenvalue weighted by Gasteiger charge is -2.37. The Labute approximate surface area is 160 Å². The van der Waals surface area contributed by atoms with Crippen LogP contribution < -0.4 is 5.32 Å². The lowest BCUT2D eigenvalue weighted by Crippen LogP contribution is -2.37. The first kappa shape index (κ1) is 21.3. The zero-order valence-electron chi connectivity index (χ0n) is 16.5. The Kier molecular flexibility index (Phi) is 7.28. The van der Waals surface area contributed by atoms with Crippen LogP contribution in [0.4, 0.5) is 13.2 Å². The van der Waals surface area contributed by atoms with E-state index in [1.165, 1.54) is 0 Å². The number of alkyl halides is 2. The Balaban J connectivity index is 2.27. The van der Waals surface area contributed by atoms with Crippen LogP contribution in [0.15, 0.2) is 35.0 Å². The van der Waals surface area contributed by atoms with Crippen LogP contribution in [-0.4, -0.2) is 26.2 Å². The Morgan fingerprint density at radius 3 is 2.74 bits per heavy atom. The van der Waals surface area contributed by atoms with E-state index in [1.54, 1.807) is 38.5 Å². The van der Waals surface area contributed by atoms with Crippen LogP contribution >= 0.6 is 0 Å². The number of hydrogen-bond donors (Lipinski definition) is 1. The molecule has 2 atom stereocenters. The lowest BCUT2D eigenvalue weighted by molar-refractivity contribution is -0.0633. The Morgan fingerprint density at radius 2 is 2.11 bits per heavy atom. The average Bonchev–Trinajstić information content (AvgIpc) is 2.62. The first-order valence-corrected chi connectivity index (χ1v) is 9.41. The summed E-state index contributed by atoms with van der Waals surface area (Å²) < 4.78 is 42.5. The fourth-order valence-corrected chi connectivity index (χ4v) is 3.95. The van der Waals surface area contributed by atoms with Crippen molar-refractivity contribution in [3.05, 3.63) is 52.5 Å². The van der Waals surface area contributed by atoms with Gasteiger partial charge in [0.2, 0.25) is 5.92 Å². The predicted octanol–water partition coefficient (Wildman–Crippen LogP) is 5.57. The van der Waals surface area contributed by atoms with Gasteiger partial charge in [-0.25, -0.2) is 13.2 Å². The number of rotatable bonds is 6. The maximum atomic E-state index is 14.5. The fraction of sp³-hybridized carbons (Fsp3) is 0.500. The van der Waals surface area contributed by atoms with E-state index in [-0.39, 0.29) is 30.5 Å². The third-order valence-corrected chi connectivity index (χ3v) is 5.42. The molecule has 1 N–H and O–H groups in total. The monoisotopic (exact) mass is 378 g/mol. The number of nitrogens with one attached hydrogen (secondary N) is 1. The summed E-state index contributed by atoms with van der Waals surface area (Å²) in [6.07, 6.45) is 7.63. The summed E-state index contributed by atoms with van der Waals surface area (Å²) in [5, 5.41) is 3.07. The van der Waals surface area contributed by atoms with Crippen LogP contribution in [0.3, 0.4) is 0 Å². The summed E-state index contributed by atoms with van der Waals surface area (Å²) in [7, 11) is 3.42. The molecule has 1 fully saturated rings. The number of hydrogen-bond acceptors (Lipinski definition) is 2. The molecule has 2 nitrogen and oxygen atoms in total. The molecule has 0 radical (unpaired) electrons. The largest absolute Gasteiger partial charge is 0.391 e. The first-order valence-electron chi connectivity index (χ1n) is 9.41. The van der Waals surface area contributed by atoms with E-state index in [9.17, 15) is 13.2 Å². The second-order valence-electron chi connectivity index (χ2n) is 7.23. The van der Waals surface area contributed by atoms with Gasteiger partial charge in [-0.1, -0.05) is 12.2 Å². The van der Waals surface area contributed by atoms with Gasteiger partial charge in [0.15, 0.2) is 0 Å². The second-order valence-corrected chi connectivity index (χ2v) is 7.23. The molecule has 1 aromatic carbocycles. The van der Waals surface area contributed by atoms with Crippen molar-refractivity contribution in [1.29, 1.82) is 0 Å². The van der Waals surface area contributed by atoms with Gasteiger partial charge in [0, 0.05) is 50.3 Å². The Morgan fingerprint density at radius 1 is 1.37 bits per heavy atom. The van der Waals surface area contributed by atoms with E-state index in [0.717, 1.165) is 16.8 Å². The van der Waals surface area contributed by atoms with E-state index in [4.69, 9.17) is 0 Å². The molecule has 1 aliphatic rings. The summed E-state index contributed by atoms with van der Waals surface area (Å²) in [5.41, 5.74) is 3.22. The quantitative estimate of drug-likeness (QED) is 0.644. The van der Waals surface area contributed by atoms with Crippen LogP contribution in [0.1, 0.15) is 42.9 Å². The van der Waals surface area contributed by atoms with E-state index >= 15 is 0 Å². The van der Waals surface area contributed by atoms with Crippen LogP contribution in [0.25, 0.3) is 6.08 Å². The molecule has 27 heavy (non-hydrogen) atoms. The predicted molar refractivity (Wildman–Crippen MR) is 107 cm³/mol. The number of aryl methyl sites for hydroxylation is 1. The van der Waals surface area contributed by atoms with Crippen LogP contribution in [0, 0.1) is 24.6 Å². The Hall–Kier alpha value is -2.04. The molecule has 0 saturated heterocycles. The topological polar surface area (TPSA) is 24.4 Å². The number of allylic oxidation sites excluding steroid dienone is 3. The van der Waals surface area contributed by atoms with Crippen molar-refractivity contribution in [1.82, 2.24) is 5.32 Å². The minimum Gasteiger partial charge on any atom is -0.391 e. The number of aliphatic imine (C=N–C) groups is 1. The molecule has 0 aliphatic heterocycles. The molecule has 0 aromatic heterocycles. The maximum absolute atomic E-state index is 14.5. The van der Waals surface area contributed by atoms with Crippen molar-refractivity contribution < 1.29 is 13.2 Å². The number of halogens is 3. The molecular weight excluding hydrogens is 349 g/mol. The molecule has 0 bridgehead atoms. The second kappa shape index (κ2) is 9.25. The maximum Gasteiger partial charge on any atom is 0.248 e. The molecule has 5 heteroatoms. The number of nitrogens with zero attached hydrogens (tertiary/aromatic N) is 1. The summed E-state index contributed by atoms with van der Waals surface area (Å²) in [6, 6.07) is 3.36. The third-order valence-electron chi connectivity index (χ3n) is 5.42. The number of benzene rings is 1. The van der Waals surface area contributed by atoms with E-state index < -0.39 is 5.92 Å². The van der Waals surface area contributed by atoms with Gasteiger partial charge in [0.25, 0.3) is 0 Å². The van der Waals surface area contributed by atoms with Crippen LogP contribution in [-0.2, 0) is 6.42 Å². The first-order chi connectivity index (χ1) is 12.8. The van der Waals surface area contributed by atoms with Crippen molar-refractivity contribution in [2.75, 3.05) is 14.1 Å². The summed E-state index contributed by atoms with van der Waals surface area (Å²) in [4.78, 5) is 3.84. The highest BCUT2D eigenvalue weighted by atomic mass is 19.3. The van der Waals surface area contributed by atoms with E-state index in [2.05, 4.69) is 10.3 Å². The highest BCUT2D eigenvalue weighted by Gasteiger charge is 2.42. The summed E-state index contributed by atoms with van der Waals surface area (Å²) in [5.74, 6) is -3.11. The van der Waals surface area contributed by atoms with Gasteiger partial charge in [-0.15, -0.1) is 0 Å². The van der Waals surface area contributed by atoms with Crippen molar-refractivity contribution >= 4 is 12.3 Å². The highest BCUT2D eigenvalue weighted by molar-refractivity contribution is 5.78. The SMILES string of the molecule is C/C=C(\NC)C1CC(F)(F)CCC1Cc1cc(F)c(/C=C/C=N\C)cc1C. The molecule has 2 rings (SSSR count). The molecule has 1 aliphatic carbocycles. The standard InChI is InChI=1S/C22H29F3N2/c1-5-21(27-4)19-14-22(24,25)9-8-16(19)12-18-13-20(23)17(11-15(18)2)7-6-10-26-3/h5-7,10-11,13,16,19,27H,8-9,12,14H2,1-4H3/b7-6+,21-5-,26-10-. The molecule has 1 aromatic rings. The lowest BCUT2D eigenvalue weighted by atomic mass is 9.72. The minimum absolute atomic E-state index is 0.0648. The fourth-order valence-electron chi connectivity index (χ4n) is 3.95. The molecule has 148 valence electrons. The van der Waals surface area contributed by atoms with Crippen molar-refractivity contribution in [3.8, 4) is 0 Å². The van der Waals surface area contributed by atoms with Crippen molar-refractivity contribution in [2.24, 2.45) is 16.8 Å². The summed E-state index contributed by atoms with van der Waals surface area (Å²) in [6.45, 7) is 3.81. The Bertz CT molecular complexity index is 735. The molecule has 2 unspecified atom stereocenters. The average molecular weight is 378 g/mol.